The van der Waals surface area contributed by atoms with E-state index in [4.69, 9.17) is 4.74 Å². The molecule has 7 heteroatoms. The molecule has 0 aromatic carbocycles. The summed E-state index contributed by atoms with van der Waals surface area (Å²) < 4.78 is 5.52. The molecule has 148 valence electrons. The molecule has 3 heterocycles. The fourth-order valence-corrected chi connectivity index (χ4v) is 4.35. The zero-order chi connectivity index (χ0) is 18.9. The van der Waals surface area contributed by atoms with Crippen LogP contribution in [0.25, 0.3) is 0 Å². The average Bonchev–Trinajstić information content (AvgIpc) is 3.24. The highest BCUT2D eigenvalue weighted by Gasteiger charge is 2.23. The Balaban J connectivity index is 1.28. The van der Waals surface area contributed by atoms with Crippen LogP contribution in [-0.4, -0.2) is 59.8 Å². The molecule has 0 bridgehead atoms. The maximum absolute atomic E-state index is 12.4. The van der Waals surface area contributed by atoms with Gasteiger partial charge in [-0.05, 0) is 50.2 Å². The number of piperidine rings is 1. The molecule has 1 N–H and O–H groups in total. The Morgan fingerprint density at radius 1 is 1.26 bits per heavy atom. The van der Waals surface area contributed by atoms with Gasteiger partial charge in [-0.1, -0.05) is 17.8 Å². The Morgan fingerprint density at radius 3 is 2.81 bits per heavy atom. The van der Waals surface area contributed by atoms with E-state index in [9.17, 15) is 9.59 Å². The number of aromatic nitrogens is 1. The number of nitrogens with one attached hydrogen (secondary N) is 1. The molecule has 1 aromatic rings. The number of carbonyl (C=O) groups excluding carboxylic acids is 2. The molecule has 2 fully saturated rings. The van der Waals surface area contributed by atoms with E-state index in [-0.39, 0.29) is 17.9 Å². The summed E-state index contributed by atoms with van der Waals surface area (Å²) in [6.45, 7) is 3.05. The molecule has 2 amide bonds. The van der Waals surface area contributed by atoms with Crippen molar-refractivity contribution in [3.8, 4) is 0 Å². The molecule has 0 spiro atoms. The Morgan fingerprint density at radius 2 is 2.11 bits per heavy atom. The highest BCUT2D eigenvalue weighted by atomic mass is 32.2. The number of ether oxygens (including phenoxy) is 1. The van der Waals surface area contributed by atoms with Crippen molar-refractivity contribution in [1.82, 2.24) is 15.2 Å². The van der Waals surface area contributed by atoms with E-state index in [1.807, 2.05) is 23.1 Å². The highest BCUT2D eigenvalue weighted by molar-refractivity contribution is 7.99. The lowest BCUT2D eigenvalue weighted by Gasteiger charge is -2.32. The van der Waals surface area contributed by atoms with Gasteiger partial charge in [0.15, 0.2) is 0 Å². The highest BCUT2D eigenvalue weighted by Crippen LogP contribution is 2.23. The number of pyridine rings is 1. The molecule has 0 saturated carbocycles. The number of thioether (sulfide) groups is 1. The van der Waals surface area contributed by atoms with Gasteiger partial charge in [0, 0.05) is 38.9 Å². The fraction of sp³-hybridized carbons (Fsp3) is 0.650. The van der Waals surface area contributed by atoms with Crippen molar-refractivity contribution in [3.63, 3.8) is 0 Å². The second-order valence-electron chi connectivity index (χ2n) is 7.26. The van der Waals surface area contributed by atoms with Crippen LogP contribution in [0.1, 0.15) is 38.5 Å². The summed E-state index contributed by atoms with van der Waals surface area (Å²) in [7, 11) is 0. The van der Waals surface area contributed by atoms with Crippen LogP contribution in [0.15, 0.2) is 29.4 Å². The van der Waals surface area contributed by atoms with Gasteiger partial charge in [0.1, 0.15) is 0 Å². The molecule has 1 atom stereocenters. The van der Waals surface area contributed by atoms with Crippen molar-refractivity contribution < 1.29 is 14.3 Å². The minimum absolute atomic E-state index is 0.121. The number of nitrogens with zero attached hydrogens (tertiary/aromatic N) is 2. The van der Waals surface area contributed by atoms with Gasteiger partial charge in [-0.2, -0.15) is 0 Å². The molecule has 0 radical (unpaired) electrons. The van der Waals surface area contributed by atoms with Gasteiger partial charge in [0.25, 0.3) is 0 Å². The SMILES string of the molecule is O=C(CCC1CCN(C(=O)CSc2ccccn2)CC1)NC[C@H]1CCCO1. The van der Waals surface area contributed by atoms with Gasteiger partial charge in [0.2, 0.25) is 11.8 Å². The van der Waals surface area contributed by atoms with Crippen LogP contribution in [0.4, 0.5) is 0 Å². The topological polar surface area (TPSA) is 71.5 Å². The van der Waals surface area contributed by atoms with E-state index in [0.29, 0.717) is 24.6 Å². The zero-order valence-electron chi connectivity index (χ0n) is 15.8. The van der Waals surface area contributed by atoms with Gasteiger partial charge in [-0.25, -0.2) is 4.98 Å². The first kappa shape index (κ1) is 20.1. The van der Waals surface area contributed by atoms with Crippen LogP contribution < -0.4 is 5.32 Å². The zero-order valence-corrected chi connectivity index (χ0v) is 16.6. The first-order chi connectivity index (χ1) is 13.2. The summed E-state index contributed by atoms with van der Waals surface area (Å²) in [6.07, 6.45) is 7.53. The molecule has 2 aliphatic rings. The van der Waals surface area contributed by atoms with Gasteiger partial charge >= 0.3 is 0 Å². The van der Waals surface area contributed by atoms with Crippen LogP contribution in [0, 0.1) is 5.92 Å². The van der Waals surface area contributed by atoms with Crippen LogP contribution in [0.3, 0.4) is 0 Å². The Hall–Kier alpha value is -1.60. The third-order valence-electron chi connectivity index (χ3n) is 5.28. The van der Waals surface area contributed by atoms with Crippen molar-refractivity contribution in [2.75, 3.05) is 32.0 Å². The smallest absolute Gasteiger partial charge is 0.232 e. The van der Waals surface area contributed by atoms with E-state index >= 15 is 0 Å². The number of hydrogen-bond acceptors (Lipinski definition) is 5. The average molecular weight is 392 g/mol. The number of amides is 2. The molecule has 2 aliphatic heterocycles. The third kappa shape index (κ3) is 6.81. The van der Waals surface area contributed by atoms with E-state index in [1.54, 1.807) is 6.20 Å². The Labute approximate surface area is 165 Å². The summed E-state index contributed by atoms with van der Waals surface area (Å²) in [6, 6.07) is 5.73. The monoisotopic (exact) mass is 391 g/mol. The van der Waals surface area contributed by atoms with Gasteiger partial charge in [-0.3, -0.25) is 9.59 Å². The summed E-state index contributed by atoms with van der Waals surface area (Å²) in [5, 5.41) is 3.87. The second-order valence-corrected chi connectivity index (χ2v) is 8.25. The minimum Gasteiger partial charge on any atom is -0.376 e. The quantitative estimate of drug-likeness (QED) is 0.690. The molecular weight excluding hydrogens is 362 g/mol. The number of likely N-dealkylation sites (tertiary alicyclic amines) is 1. The van der Waals surface area contributed by atoms with Crippen LogP contribution in [-0.2, 0) is 14.3 Å². The fourth-order valence-electron chi connectivity index (χ4n) is 3.59. The molecule has 27 heavy (non-hydrogen) atoms. The number of hydrogen-bond donors (Lipinski definition) is 1. The predicted molar refractivity (Wildman–Crippen MR) is 105 cm³/mol. The van der Waals surface area contributed by atoms with Gasteiger partial charge < -0.3 is 15.0 Å². The van der Waals surface area contributed by atoms with Crippen LogP contribution in [0.2, 0.25) is 0 Å². The van der Waals surface area contributed by atoms with E-state index in [0.717, 1.165) is 56.8 Å². The molecule has 0 aliphatic carbocycles. The lowest BCUT2D eigenvalue weighted by Crippen LogP contribution is -2.39. The largest absolute Gasteiger partial charge is 0.376 e. The predicted octanol–water partition coefficient (Wildman–Crippen LogP) is 2.49. The molecule has 1 aromatic heterocycles. The molecule has 0 unspecified atom stereocenters. The summed E-state index contributed by atoms with van der Waals surface area (Å²) >= 11 is 1.49. The normalized spacial score (nSPS) is 20.6. The van der Waals surface area contributed by atoms with E-state index in [2.05, 4.69) is 10.3 Å². The van der Waals surface area contributed by atoms with Crippen molar-refractivity contribution >= 4 is 23.6 Å². The van der Waals surface area contributed by atoms with E-state index < -0.39 is 0 Å². The van der Waals surface area contributed by atoms with Crippen molar-refractivity contribution in [3.05, 3.63) is 24.4 Å². The summed E-state index contributed by atoms with van der Waals surface area (Å²) in [4.78, 5) is 30.5. The summed E-state index contributed by atoms with van der Waals surface area (Å²) in [5.41, 5.74) is 0. The van der Waals surface area contributed by atoms with Crippen LogP contribution in [0.5, 0.6) is 0 Å². The minimum atomic E-state index is 0.121. The molecule has 6 nitrogen and oxygen atoms in total. The first-order valence-corrected chi connectivity index (χ1v) is 10.9. The number of carbonyl (C=O) groups is 2. The van der Waals surface area contributed by atoms with Crippen LogP contribution >= 0.6 is 11.8 Å². The number of rotatable bonds is 8. The molecule has 2 saturated heterocycles. The second kappa shape index (κ2) is 10.7. The third-order valence-corrected chi connectivity index (χ3v) is 6.21. The van der Waals surface area contributed by atoms with Crippen molar-refractivity contribution in [2.45, 2.75) is 49.7 Å². The standard InChI is InChI=1S/C20H29N3O3S/c24-18(22-14-17-4-3-13-26-17)7-6-16-8-11-23(12-9-16)20(25)15-27-19-5-1-2-10-21-19/h1-2,5,10,16-17H,3-4,6-9,11-15H2,(H,22,24)/t17-/m1/s1. The lowest BCUT2D eigenvalue weighted by atomic mass is 9.92. The van der Waals surface area contributed by atoms with Crippen molar-refractivity contribution in [1.29, 1.82) is 0 Å². The molecule has 3 rings (SSSR count). The Bertz CT molecular complexity index is 600. The van der Waals surface area contributed by atoms with Gasteiger partial charge in [-0.15, -0.1) is 0 Å². The maximum Gasteiger partial charge on any atom is 0.232 e. The molecular formula is C20H29N3O3S. The lowest BCUT2D eigenvalue weighted by molar-refractivity contribution is -0.130. The van der Waals surface area contributed by atoms with E-state index in [1.165, 1.54) is 11.8 Å². The Kier molecular flexibility index (Phi) is 7.95. The van der Waals surface area contributed by atoms with Gasteiger partial charge in [0.05, 0.1) is 16.9 Å². The summed E-state index contributed by atoms with van der Waals surface area (Å²) in [5.74, 6) is 1.27. The maximum atomic E-state index is 12.4. The van der Waals surface area contributed by atoms with Crippen molar-refractivity contribution in [2.24, 2.45) is 5.92 Å². The first-order valence-electron chi connectivity index (χ1n) is 9.90.